The molecule has 2 aromatic carbocycles. The number of hydrogen-bond donors (Lipinski definition) is 2. The lowest BCUT2D eigenvalue weighted by Crippen LogP contribution is -2.05. The molecule has 0 saturated heterocycles. The zero-order chi connectivity index (χ0) is 17.8. The van der Waals surface area contributed by atoms with Crippen LogP contribution in [-0.4, -0.2) is 17.1 Å². The maximum absolute atomic E-state index is 5.38. The van der Waals surface area contributed by atoms with E-state index in [0.717, 1.165) is 33.9 Å². The Morgan fingerprint density at radius 2 is 1.81 bits per heavy atom. The minimum atomic E-state index is 0.524. The fourth-order valence-corrected chi connectivity index (χ4v) is 2.65. The Hall–Kier alpha value is -3.54. The SMILES string of the molecule is COc1ccc(Nc2nc(NCc3ccco3)c3ccccc3n2)cc1. The summed E-state index contributed by atoms with van der Waals surface area (Å²) in [7, 11) is 1.64. The molecular formula is C20H18N4O2. The van der Waals surface area contributed by atoms with Crippen molar-refractivity contribution in [2.45, 2.75) is 6.54 Å². The topological polar surface area (TPSA) is 72.2 Å². The fourth-order valence-electron chi connectivity index (χ4n) is 2.65. The van der Waals surface area contributed by atoms with Crippen LogP contribution in [0.1, 0.15) is 5.76 Å². The van der Waals surface area contributed by atoms with E-state index >= 15 is 0 Å². The number of hydrogen-bond acceptors (Lipinski definition) is 6. The summed E-state index contributed by atoms with van der Waals surface area (Å²) in [6, 6.07) is 19.3. The van der Waals surface area contributed by atoms with Crippen molar-refractivity contribution in [3.8, 4) is 5.75 Å². The first-order valence-corrected chi connectivity index (χ1v) is 8.26. The highest BCUT2D eigenvalue weighted by Crippen LogP contribution is 2.25. The number of nitrogens with one attached hydrogen (secondary N) is 2. The summed E-state index contributed by atoms with van der Waals surface area (Å²) in [6.45, 7) is 0.552. The standard InChI is InChI=1S/C20H18N4O2/c1-25-15-10-8-14(9-11-15)22-20-23-18-7-3-2-6-17(18)19(24-20)21-13-16-5-4-12-26-16/h2-12H,13H2,1H3,(H2,21,22,23,24). The van der Waals surface area contributed by atoms with E-state index in [2.05, 4.69) is 20.6 Å². The third kappa shape index (κ3) is 3.44. The second-order valence-electron chi connectivity index (χ2n) is 5.70. The Kier molecular flexibility index (Phi) is 4.38. The van der Waals surface area contributed by atoms with E-state index in [0.29, 0.717) is 12.5 Å². The normalized spacial score (nSPS) is 10.7. The van der Waals surface area contributed by atoms with Crippen LogP contribution in [0.3, 0.4) is 0 Å². The third-order valence-corrected chi connectivity index (χ3v) is 3.96. The Labute approximate surface area is 150 Å². The zero-order valence-corrected chi connectivity index (χ0v) is 14.3. The summed E-state index contributed by atoms with van der Waals surface area (Å²) >= 11 is 0. The molecule has 0 fully saturated rings. The number of nitrogens with zero attached hydrogens (tertiary/aromatic N) is 2. The van der Waals surface area contributed by atoms with Crippen LogP contribution in [0.25, 0.3) is 10.9 Å². The van der Waals surface area contributed by atoms with Crippen molar-refractivity contribution in [2.24, 2.45) is 0 Å². The van der Waals surface area contributed by atoms with E-state index in [4.69, 9.17) is 9.15 Å². The number of para-hydroxylation sites is 1. The predicted molar refractivity (Wildman–Crippen MR) is 102 cm³/mol. The fraction of sp³-hybridized carbons (Fsp3) is 0.100. The molecule has 0 saturated carbocycles. The number of aromatic nitrogens is 2. The van der Waals surface area contributed by atoms with E-state index in [9.17, 15) is 0 Å². The molecule has 26 heavy (non-hydrogen) atoms. The number of methoxy groups -OCH3 is 1. The van der Waals surface area contributed by atoms with E-state index in [1.54, 1.807) is 13.4 Å². The summed E-state index contributed by atoms with van der Waals surface area (Å²) in [4.78, 5) is 9.23. The van der Waals surface area contributed by atoms with Crippen molar-refractivity contribution < 1.29 is 9.15 Å². The highest BCUT2D eigenvalue weighted by atomic mass is 16.5. The van der Waals surface area contributed by atoms with Gasteiger partial charge >= 0.3 is 0 Å². The molecule has 0 atom stereocenters. The van der Waals surface area contributed by atoms with Crippen LogP contribution in [0.15, 0.2) is 71.3 Å². The lowest BCUT2D eigenvalue weighted by atomic mass is 10.2. The average Bonchev–Trinajstić information content (AvgIpc) is 3.20. The van der Waals surface area contributed by atoms with Gasteiger partial charge < -0.3 is 19.8 Å². The number of benzene rings is 2. The molecule has 0 bridgehead atoms. The van der Waals surface area contributed by atoms with Crippen molar-refractivity contribution in [2.75, 3.05) is 17.7 Å². The minimum absolute atomic E-state index is 0.524. The van der Waals surface area contributed by atoms with E-state index in [1.807, 2.05) is 60.7 Å². The Balaban J connectivity index is 1.63. The summed E-state index contributed by atoms with van der Waals surface area (Å²) < 4.78 is 10.6. The molecular weight excluding hydrogens is 328 g/mol. The molecule has 6 nitrogen and oxygen atoms in total. The van der Waals surface area contributed by atoms with Gasteiger partial charge in [0.2, 0.25) is 5.95 Å². The average molecular weight is 346 g/mol. The molecule has 0 aliphatic heterocycles. The van der Waals surface area contributed by atoms with Gasteiger partial charge in [0, 0.05) is 11.1 Å². The highest BCUT2D eigenvalue weighted by Gasteiger charge is 2.08. The van der Waals surface area contributed by atoms with Crippen molar-refractivity contribution in [1.29, 1.82) is 0 Å². The smallest absolute Gasteiger partial charge is 0.229 e. The van der Waals surface area contributed by atoms with Crippen molar-refractivity contribution in [3.05, 3.63) is 72.7 Å². The minimum Gasteiger partial charge on any atom is -0.497 e. The summed E-state index contributed by atoms with van der Waals surface area (Å²) in [5, 5.41) is 7.53. The quantitative estimate of drug-likeness (QED) is 0.532. The highest BCUT2D eigenvalue weighted by molar-refractivity contribution is 5.90. The number of anilines is 3. The van der Waals surface area contributed by atoms with Gasteiger partial charge in [0.25, 0.3) is 0 Å². The van der Waals surface area contributed by atoms with Gasteiger partial charge in [-0.2, -0.15) is 4.98 Å². The van der Waals surface area contributed by atoms with Crippen LogP contribution in [0.5, 0.6) is 5.75 Å². The molecule has 2 aromatic heterocycles. The molecule has 130 valence electrons. The van der Waals surface area contributed by atoms with Gasteiger partial charge in [-0.25, -0.2) is 4.98 Å². The van der Waals surface area contributed by atoms with Gasteiger partial charge in [-0.05, 0) is 48.5 Å². The molecule has 0 radical (unpaired) electrons. The summed E-state index contributed by atoms with van der Waals surface area (Å²) in [5.41, 5.74) is 1.75. The zero-order valence-electron chi connectivity index (χ0n) is 14.3. The van der Waals surface area contributed by atoms with Gasteiger partial charge in [-0.15, -0.1) is 0 Å². The molecule has 2 heterocycles. The van der Waals surface area contributed by atoms with Crippen LogP contribution in [0, 0.1) is 0 Å². The van der Waals surface area contributed by atoms with Gasteiger partial charge in [-0.3, -0.25) is 0 Å². The largest absolute Gasteiger partial charge is 0.497 e. The second kappa shape index (κ2) is 7.14. The van der Waals surface area contributed by atoms with Gasteiger partial charge in [0.1, 0.15) is 17.3 Å². The second-order valence-corrected chi connectivity index (χ2v) is 5.70. The first kappa shape index (κ1) is 16.0. The maximum Gasteiger partial charge on any atom is 0.229 e. The van der Waals surface area contributed by atoms with Crippen LogP contribution in [0.2, 0.25) is 0 Å². The number of furan rings is 1. The molecule has 0 aliphatic carbocycles. The Morgan fingerprint density at radius 1 is 0.962 bits per heavy atom. The van der Waals surface area contributed by atoms with Gasteiger partial charge in [-0.1, -0.05) is 12.1 Å². The predicted octanol–water partition coefficient (Wildman–Crippen LogP) is 4.59. The number of rotatable bonds is 6. The third-order valence-electron chi connectivity index (χ3n) is 3.96. The molecule has 4 aromatic rings. The Morgan fingerprint density at radius 3 is 2.58 bits per heavy atom. The van der Waals surface area contributed by atoms with Crippen LogP contribution in [-0.2, 0) is 6.54 Å². The van der Waals surface area contributed by atoms with Crippen molar-refractivity contribution in [1.82, 2.24) is 9.97 Å². The molecule has 0 unspecified atom stereocenters. The van der Waals surface area contributed by atoms with Crippen LogP contribution < -0.4 is 15.4 Å². The maximum atomic E-state index is 5.38. The molecule has 2 N–H and O–H groups in total. The first-order chi connectivity index (χ1) is 12.8. The summed E-state index contributed by atoms with van der Waals surface area (Å²) in [5.74, 6) is 2.92. The molecule has 4 rings (SSSR count). The molecule has 0 spiro atoms. The summed E-state index contributed by atoms with van der Waals surface area (Å²) in [6.07, 6.45) is 1.66. The van der Waals surface area contributed by atoms with E-state index in [-0.39, 0.29) is 0 Å². The van der Waals surface area contributed by atoms with Gasteiger partial charge in [0.15, 0.2) is 0 Å². The number of ether oxygens (including phenoxy) is 1. The number of fused-ring (bicyclic) bond motifs is 1. The first-order valence-electron chi connectivity index (χ1n) is 8.26. The monoisotopic (exact) mass is 346 g/mol. The molecule has 0 amide bonds. The van der Waals surface area contributed by atoms with Crippen molar-refractivity contribution >= 4 is 28.4 Å². The lowest BCUT2D eigenvalue weighted by Gasteiger charge is -2.11. The lowest BCUT2D eigenvalue weighted by molar-refractivity contribution is 0.415. The van der Waals surface area contributed by atoms with E-state index < -0.39 is 0 Å². The van der Waals surface area contributed by atoms with E-state index in [1.165, 1.54) is 0 Å². The van der Waals surface area contributed by atoms with Crippen molar-refractivity contribution in [3.63, 3.8) is 0 Å². The Bertz CT molecular complexity index is 998. The van der Waals surface area contributed by atoms with Crippen LogP contribution >= 0.6 is 0 Å². The van der Waals surface area contributed by atoms with Crippen LogP contribution in [0.4, 0.5) is 17.5 Å². The molecule has 6 heteroatoms. The van der Waals surface area contributed by atoms with Gasteiger partial charge in [0.05, 0.1) is 25.4 Å². The molecule has 0 aliphatic rings.